The van der Waals surface area contributed by atoms with Crippen LogP contribution in [-0.4, -0.2) is 30.9 Å². The molecule has 1 rings (SSSR count). The second-order valence-corrected chi connectivity index (χ2v) is 4.37. The molecule has 1 fully saturated rings. The maximum atomic E-state index is 5.64. The molecular weight excluding hydrogens is 208 g/mol. The molecule has 1 unspecified atom stereocenters. The van der Waals surface area contributed by atoms with Crippen LogP contribution in [0.3, 0.4) is 0 Å². The number of thiocarbonyl (C=S) groups is 1. The Hall–Kier alpha value is -0.350. The Kier molecular flexibility index (Phi) is 6.68. The van der Waals surface area contributed by atoms with Crippen LogP contribution in [0.5, 0.6) is 0 Å². The number of hydrogen-bond donors (Lipinski definition) is 2. The molecule has 1 aliphatic heterocycles. The monoisotopic (exact) mass is 230 g/mol. The van der Waals surface area contributed by atoms with Gasteiger partial charge in [-0.15, -0.1) is 0 Å². The quantitative estimate of drug-likeness (QED) is 0.706. The van der Waals surface area contributed by atoms with Gasteiger partial charge in [0.05, 0.1) is 6.10 Å². The zero-order valence-corrected chi connectivity index (χ0v) is 10.4. The summed E-state index contributed by atoms with van der Waals surface area (Å²) in [6, 6.07) is 0. The lowest BCUT2D eigenvalue weighted by atomic mass is 10.1. The van der Waals surface area contributed by atoms with E-state index >= 15 is 0 Å². The molecular formula is C11H22N2OS. The molecule has 1 saturated heterocycles. The first-order chi connectivity index (χ1) is 7.33. The zero-order valence-electron chi connectivity index (χ0n) is 9.55. The molecule has 0 bridgehead atoms. The predicted octanol–water partition coefficient (Wildman–Crippen LogP) is 1.82. The van der Waals surface area contributed by atoms with Crippen LogP contribution in [0.2, 0.25) is 0 Å². The largest absolute Gasteiger partial charge is 0.378 e. The van der Waals surface area contributed by atoms with Crippen molar-refractivity contribution in [2.45, 2.75) is 45.1 Å². The van der Waals surface area contributed by atoms with Crippen LogP contribution in [0.4, 0.5) is 0 Å². The van der Waals surface area contributed by atoms with E-state index < -0.39 is 0 Å². The Bertz CT molecular complexity index is 181. The minimum absolute atomic E-state index is 0.445. The minimum atomic E-state index is 0.445. The van der Waals surface area contributed by atoms with Gasteiger partial charge in [-0.2, -0.15) is 0 Å². The van der Waals surface area contributed by atoms with Crippen molar-refractivity contribution < 1.29 is 4.74 Å². The first-order valence-electron chi connectivity index (χ1n) is 5.96. The lowest BCUT2D eigenvalue weighted by Gasteiger charge is -2.22. The van der Waals surface area contributed by atoms with E-state index in [1.807, 2.05) is 0 Å². The van der Waals surface area contributed by atoms with E-state index in [2.05, 4.69) is 17.6 Å². The van der Waals surface area contributed by atoms with Gasteiger partial charge < -0.3 is 15.4 Å². The van der Waals surface area contributed by atoms with Gasteiger partial charge in [-0.1, -0.05) is 6.92 Å². The summed E-state index contributed by atoms with van der Waals surface area (Å²) in [7, 11) is 0. The van der Waals surface area contributed by atoms with E-state index in [0.29, 0.717) is 6.10 Å². The van der Waals surface area contributed by atoms with Gasteiger partial charge in [0.25, 0.3) is 0 Å². The van der Waals surface area contributed by atoms with Crippen LogP contribution >= 0.6 is 12.2 Å². The van der Waals surface area contributed by atoms with Crippen molar-refractivity contribution in [1.82, 2.24) is 10.6 Å². The summed E-state index contributed by atoms with van der Waals surface area (Å²) in [5.41, 5.74) is 0. The van der Waals surface area contributed by atoms with Gasteiger partial charge in [-0.05, 0) is 44.3 Å². The highest BCUT2D eigenvalue weighted by molar-refractivity contribution is 7.80. The van der Waals surface area contributed by atoms with E-state index in [1.54, 1.807) is 0 Å². The first kappa shape index (κ1) is 12.7. The van der Waals surface area contributed by atoms with Gasteiger partial charge in [0, 0.05) is 19.7 Å². The van der Waals surface area contributed by atoms with Crippen LogP contribution in [0.1, 0.15) is 39.0 Å². The molecule has 1 atom stereocenters. The molecule has 1 aliphatic rings. The normalized spacial score (nSPS) is 21.0. The molecule has 0 saturated carbocycles. The van der Waals surface area contributed by atoms with Crippen molar-refractivity contribution in [1.29, 1.82) is 0 Å². The molecule has 0 aromatic rings. The second kappa shape index (κ2) is 7.88. The SMILES string of the molecule is CCCNC(=S)NCCC1CCCCO1. The van der Waals surface area contributed by atoms with Gasteiger partial charge in [0.15, 0.2) is 5.11 Å². The summed E-state index contributed by atoms with van der Waals surface area (Å²) >= 11 is 5.12. The summed E-state index contributed by atoms with van der Waals surface area (Å²) in [6.07, 6.45) is 6.35. The van der Waals surface area contributed by atoms with Gasteiger partial charge >= 0.3 is 0 Å². The molecule has 0 aromatic carbocycles. The van der Waals surface area contributed by atoms with E-state index in [9.17, 15) is 0 Å². The maximum absolute atomic E-state index is 5.64. The molecule has 2 N–H and O–H groups in total. The van der Waals surface area contributed by atoms with Crippen molar-refractivity contribution in [3.63, 3.8) is 0 Å². The summed E-state index contributed by atoms with van der Waals surface area (Å²) in [4.78, 5) is 0. The molecule has 0 spiro atoms. The second-order valence-electron chi connectivity index (χ2n) is 3.96. The third-order valence-corrected chi connectivity index (χ3v) is 2.85. The Labute approximate surface area is 98.0 Å². The van der Waals surface area contributed by atoms with Gasteiger partial charge in [0.1, 0.15) is 0 Å². The molecule has 0 radical (unpaired) electrons. The van der Waals surface area contributed by atoms with Gasteiger partial charge in [-0.25, -0.2) is 0 Å². The van der Waals surface area contributed by atoms with Crippen LogP contribution in [0, 0.1) is 0 Å². The fourth-order valence-electron chi connectivity index (χ4n) is 1.68. The van der Waals surface area contributed by atoms with Crippen molar-refractivity contribution in [3.05, 3.63) is 0 Å². The lowest BCUT2D eigenvalue weighted by molar-refractivity contribution is 0.0122. The zero-order chi connectivity index (χ0) is 10.9. The Balaban J connectivity index is 1.97. The number of ether oxygens (including phenoxy) is 1. The average Bonchev–Trinajstić information content (AvgIpc) is 2.28. The molecule has 15 heavy (non-hydrogen) atoms. The highest BCUT2D eigenvalue weighted by Crippen LogP contribution is 2.14. The van der Waals surface area contributed by atoms with Crippen LogP contribution < -0.4 is 10.6 Å². The van der Waals surface area contributed by atoms with E-state index in [-0.39, 0.29) is 0 Å². The van der Waals surface area contributed by atoms with Crippen molar-refractivity contribution >= 4 is 17.3 Å². The van der Waals surface area contributed by atoms with E-state index in [1.165, 1.54) is 19.3 Å². The van der Waals surface area contributed by atoms with Crippen molar-refractivity contribution in [2.75, 3.05) is 19.7 Å². The Morgan fingerprint density at radius 3 is 2.80 bits per heavy atom. The molecule has 3 nitrogen and oxygen atoms in total. The summed E-state index contributed by atoms with van der Waals surface area (Å²) in [5.74, 6) is 0. The minimum Gasteiger partial charge on any atom is -0.378 e. The van der Waals surface area contributed by atoms with Crippen molar-refractivity contribution in [3.8, 4) is 0 Å². The topological polar surface area (TPSA) is 33.3 Å². The van der Waals surface area contributed by atoms with Crippen LogP contribution in [0.15, 0.2) is 0 Å². The lowest BCUT2D eigenvalue weighted by Crippen LogP contribution is -2.37. The predicted molar refractivity (Wildman–Crippen MR) is 67.1 cm³/mol. The van der Waals surface area contributed by atoms with E-state index in [4.69, 9.17) is 17.0 Å². The molecule has 88 valence electrons. The highest BCUT2D eigenvalue weighted by atomic mass is 32.1. The molecule has 0 amide bonds. The smallest absolute Gasteiger partial charge is 0.166 e. The Morgan fingerprint density at radius 2 is 2.13 bits per heavy atom. The molecule has 4 heteroatoms. The third-order valence-electron chi connectivity index (χ3n) is 2.56. The summed E-state index contributed by atoms with van der Waals surface area (Å²) in [6.45, 7) is 4.93. The Morgan fingerprint density at radius 1 is 1.33 bits per heavy atom. The van der Waals surface area contributed by atoms with Crippen molar-refractivity contribution in [2.24, 2.45) is 0 Å². The number of hydrogen-bond acceptors (Lipinski definition) is 2. The highest BCUT2D eigenvalue weighted by Gasteiger charge is 2.12. The standard InChI is InChI=1S/C11H22N2OS/c1-2-7-12-11(15)13-8-6-10-5-3-4-9-14-10/h10H,2-9H2,1H3,(H2,12,13,15). The van der Waals surface area contributed by atoms with Crippen LogP contribution in [0.25, 0.3) is 0 Å². The third kappa shape index (κ3) is 5.95. The fourth-order valence-corrected chi connectivity index (χ4v) is 1.89. The number of rotatable bonds is 5. The van der Waals surface area contributed by atoms with E-state index in [0.717, 1.165) is 37.7 Å². The van der Waals surface area contributed by atoms with Crippen LogP contribution in [-0.2, 0) is 4.74 Å². The molecule has 0 aromatic heterocycles. The van der Waals surface area contributed by atoms with Gasteiger partial charge in [-0.3, -0.25) is 0 Å². The maximum Gasteiger partial charge on any atom is 0.166 e. The average molecular weight is 230 g/mol. The molecule has 1 heterocycles. The summed E-state index contributed by atoms with van der Waals surface area (Å²) in [5, 5.41) is 7.13. The first-order valence-corrected chi connectivity index (χ1v) is 6.37. The molecule has 0 aliphatic carbocycles. The fraction of sp³-hybridized carbons (Fsp3) is 0.909. The van der Waals surface area contributed by atoms with Gasteiger partial charge in [0.2, 0.25) is 0 Å². The number of nitrogens with one attached hydrogen (secondary N) is 2. The summed E-state index contributed by atoms with van der Waals surface area (Å²) < 4.78 is 5.64.